The van der Waals surface area contributed by atoms with Gasteiger partial charge in [0, 0.05) is 12.2 Å². The van der Waals surface area contributed by atoms with Crippen LogP contribution in [-0.2, 0) is 0 Å². The van der Waals surface area contributed by atoms with Crippen molar-refractivity contribution in [1.29, 1.82) is 0 Å². The Labute approximate surface area is 124 Å². The number of hydrogen-bond donors (Lipinski definition) is 0. The summed E-state index contributed by atoms with van der Waals surface area (Å²) < 4.78 is 10.6. The van der Waals surface area contributed by atoms with Gasteiger partial charge in [-0.05, 0) is 31.2 Å². The molecule has 110 valence electrons. The highest BCUT2D eigenvalue weighted by Gasteiger charge is 2.23. The maximum absolute atomic E-state index is 12.9. The fraction of sp³-hybridized carbons (Fsp3) is 0.235. The first-order valence-electron chi connectivity index (χ1n) is 6.80. The fourth-order valence-corrected chi connectivity index (χ4v) is 2.25. The zero-order valence-corrected chi connectivity index (χ0v) is 12.5. The van der Waals surface area contributed by atoms with Crippen LogP contribution in [0.4, 0.5) is 5.69 Å². The molecule has 2 aromatic rings. The van der Waals surface area contributed by atoms with Gasteiger partial charge >= 0.3 is 0 Å². The lowest BCUT2D eigenvalue weighted by molar-refractivity contribution is 0.0982. The molecule has 0 atom stereocenters. The second-order valence-electron chi connectivity index (χ2n) is 4.42. The molecule has 0 heterocycles. The van der Waals surface area contributed by atoms with Crippen molar-refractivity contribution in [3.8, 4) is 11.5 Å². The van der Waals surface area contributed by atoms with E-state index in [1.807, 2.05) is 37.3 Å². The van der Waals surface area contributed by atoms with Crippen molar-refractivity contribution in [2.75, 3.05) is 25.7 Å². The molecule has 0 fully saturated rings. The van der Waals surface area contributed by atoms with Gasteiger partial charge in [-0.15, -0.1) is 0 Å². The van der Waals surface area contributed by atoms with Crippen LogP contribution in [0.25, 0.3) is 0 Å². The summed E-state index contributed by atoms with van der Waals surface area (Å²) in [5.74, 6) is 0.875. The number of ether oxygens (including phenoxy) is 2. The number of nitrogens with zero attached hydrogens (tertiary/aromatic N) is 1. The fourth-order valence-electron chi connectivity index (χ4n) is 2.25. The van der Waals surface area contributed by atoms with E-state index < -0.39 is 0 Å². The molecule has 0 unspecified atom stereocenters. The lowest BCUT2D eigenvalue weighted by atomic mass is 10.1. The number of rotatable bonds is 5. The molecular weight excluding hydrogens is 266 g/mol. The lowest BCUT2D eigenvalue weighted by Crippen LogP contribution is -2.31. The van der Waals surface area contributed by atoms with Crippen molar-refractivity contribution in [3.05, 3.63) is 54.1 Å². The summed E-state index contributed by atoms with van der Waals surface area (Å²) in [5.41, 5.74) is 1.28. The Hall–Kier alpha value is -2.49. The first kappa shape index (κ1) is 14.9. The van der Waals surface area contributed by atoms with Crippen LogP contribution in [0.2, 0.25) is 0 Å². The smallest absolute Gasteiger partial charge is 0.265 e. The van der Waals surface area contributed by atoms with Gasteiger partial charge in [-0.2, -0.15) is 0 Å². The minimum atomic E-state index is -0.141. The summed E-state index contributed by atoms with van der Waals surface area (Å²) >= 11 is 0. The number of benzene rings is 2. The summed E-state index contributed by atoms with van der Waals surface area (Å²) in [6.07, 6.45) is 0. The predicted octanol–water partition coefficient (Wildman–Crippen LogP) is 3.37. The Morgan fingerprint density at radius 3 is 2.00 bits per heavy atom. The number of carbonyl (C=O) groups is 1. The second-order valence-corrected chi connectivity index (χ2v) is 4.42. The van der Waals surface area contributed by atoms with Gasteiger partial charge < -0.3 is 14.4 Å². The van der Waals surface area contributed by atoms with Crippen LogP contribution >= 0.6 is 0 Å². The zero-order valence-electron chi connectivity index (χ0n) is 12.5. The van der Waals surface area contributed by atoms with E-state index in [4.69, 9.17) is 9.47 Å². The van der Waals surface area contributed by atoms with E-state index in [2.05, 4.69) is 0 Å². The monoisotopic (exact) mass is 285 g/mol. The SMILES string of the molecule is CCN(C(=O)c1c(OC)cccc1OC)c1ccccc1. The van der Waals surface area contributed by atoms with Gasteiger partial charge in [-0.3, -0.25) is 4.79 Å². The Morgan fingerprint density at radius 1 is 0.952 bits per heavy atom. The maximum Gasteiger partial charge on any atom is 0.265 e. The third-order valence-corrected chi connectivity index (χ3v) is 3.27. The van der Waals surface area contributed by atoms with Crippen LogP contribution in [0.1, 0.15) is 17.3 Å². The highest BCUT2D eigenvalue weighted by atomic mass is 16.5. The Balaban J connectivity index is 2.48. The first-order chi connectivity index (χ1) is 10.2. The van der Waals surface area contributed by atoms with Crippen LogP contribution in [0, 0.1) is 0 Å². The molecule has 0 aliphatic rings. The number of carbonyl (C=O) groups excluding carboxylic acids is 1. The molecule has 21 heavy (non-hydrogen) atoms. The highest BCUT2D eigenvalue weighted by molar-refractivity contribution is 6.09. The summed E-state index contributed by atoms with van der Waals surface area (Å²) in [7, 11) is 3.09. The Kier molecular flexibility index (Phi) is 4.82. The van der Waals surface area contributed by atoms with Crippen molar-refractivity contribution in [2.24, 2.45) is 0 Å². The molecule has 4 heteroatoms. The quantitative estimate of drug-likeness (QED) is 0.845. The van der Waals surface area contributed by atoms with Gasteiger partial charge in [0.2, 0.25) is 0 Å². The minimum absolute atomic E-state index is 0.141. The van der Waals surface area contributed by atoms with E-state index >= 15 is 0 Å². The minimum Gasteiger partial charge on any atom is -0.496 e. The summed E-state index contributed by atoms with van der Waals surface area (Å²) in [5, 5.41) is 0. The number of methoxy groups -OCH3 is 2. The molecule has 2 rings (SSSR count). The molecule has 0 saturated carbocycles. The van der Waals surface area contributed by atoms with Crippen LogP contribution in [-0.4, -0.2) is 26.7 Å². The predicted molar refractivity (Wildman–Crippen MR) is 83.3 cm³/mol. The average molecular weight is 285 g/mol. The molecule has 4 nitrogen and oxygen atoms in total. The van der Waals surface area contributed by atoms with Crippen molar-refractivity contribution < 1.29 is 14.3 Å². The number of para-hydroxylation sites is 1. The molecule has 0 N–H and O–H groups in total. The van der Waals surface area contributed by atoms with Gasteiger partial charge in [0.1, 0.15) is 17.1 Å². The van der Waals surface area contributed by atoms with Gasteiger partial charge in [-0.1, -0.05) is 24.3 Å². The van der Waals surface area contributed by atoms with E-state index in [0.717, 1.165) is 5.69 Å². The number of amides is 1. The van der Waals surface area contributed by atoms with E-state index in [0.29, 0.717) is 23.6 Å². The maximum atomic E-state index is 12.9. The molecule has 1 amide bonds. The molecule has 0 saturated heterocycles. The third-order valence-electron chi connectivity index (χ3n) is 3.27. The van der Waals surface area contributed by atoms with E-state index in [-0.39, 0.29) is 5.91 Å². The Morgan fingerprint density at radius 2 is 1.52 bits per heavy atom. The average Bonchev–Trinajstić information content (AvgIpc) is 2.55. The molecule has 0 aliphatic heterocycles. The lowest BCUT2D eigenvalue weighted by Gasteiger charge is -2.23. The van der Waals surface area contributed by atoms with Crippen LogP contribution in [0.3, 0.4) is 0 Å². The first-order valence-corrected chi connectivity index (χ1v) is 6.80. The molecular formula is C17H19NO3. The van der Waals surface area contributed by atoms with E-state index in [1.165, 1.54) is 0 Å². The second kappa shape index (κ2) is 6.79. The molecule has 0 spiro atoms. The highest BCUT2D eigenvalue weighted by Crippen LogP contribution is 2.30. The van der Waals surface area contributed by atoms with Crippen molar-refractivity contribution in [1.82, 2.24) is 0 Å². The number of hydrogen-bond acceptors (Lipinski definition) is 3. The van der Waals surface area contributed by atoms with E-state index in [1.54, 1.807) is 37.3 Å². The van der Waals surface area contributed by atoms with Crippen molar-refractivity contribution in [2.45, 2.75) is 6.92 Å². The normalized spacial score (nSPS) is 10.0. The van der Waals surface area contributed by atoms with Gasteiger partial charge in [0.05, 0.1) is 14.2 Å². The summed E-state index contributed by atoms with van der Waals surface area (Å²) in [4.78, 5) is 14.6. The van der Waals surface area contributed by atoms with Gasteiger partial charge in [0.15, 0.2) is 0 Å². The third kappa shape index (κ3) is 2.99. The van der Waals surface area contributed by atoms with E-state index in [9.17, 15) is 4.79 Å². The molecule has 0 aromatic heterocycles. The standard InChI is InChI=1S/C17H19NO3/c1-4-18(13-9-6-5-7-10-13)17(19)16-14(20-2)11-8-12-15(16)21-3/h5-12H,4H2,1-3H3. The van der Waals surface area contributed by atoms with Crippen LogP contribution in [0.15, 0.2) is 48.5 Å². The van der Waals surface area contributed by atoms with Gasteiger partial charge in [0.25, 0.3) is 5.91 Å². The summed E-state index contributed by atoms with van der Waals surface area (Å²) in [6.45, 7) is 2.50. The number of anilines is 1. The zero-order chi connectivity index (χ0) is 15.2. The van der Waals surface area contributed by atoms with Crippen molar-refractivity contribution >= 4 is 11.6 Å². The largest absolute Gasteiger partial charge is 0.496 e. The topological polar surface area (TPSA) is 38.8 Å². The van der Waals surface area contributed by atoms with Crippen LogP contribution < -0.4 is 14.4 Å². The molecule has 0 bridgehead atoms. The molecule has 2 aromatic carbocycles. The molecule has 0 aliphatic carbocycles. The van der Waals surface area contributed by atoms with Gasteiger partial charge in [-0.25, -0.2) is 0 Å². The Bertz CT molecular complexity index is 588. The van der Waals surface area contributed by atoms with Crippen molar-refractivity contribution in [3.63, 3.8) is 0 Å². The van der Waals surface area contributed by atoms with Crippen LogP contribution in [0.5, 0.6) is 11.5 Å². The molecule has 0 radical (unpaired) electrons. The summed E-state index contributed by atoms with van der Waals surface area (Å²) in [6, 6.07) is 14.9.